The topological polar surface area (TPSA) is 104 Å². The minimum absolute atomic E-state index is 0.213. The number of azide groups is 1. The van der Waals surface area contributed by atoms with Crippen molar-refractivity contribution in [1.29, 1.82) is 0 Å². The van der Waals surface area contributed by atoms with E-state index >= 15 is 0 Å². The zero-order valence-electron chi connectivity index (χ0n) is 12.5. The number of nitrogens with one attached hydrogen (secondary N) is 1. The zero-order valence-corrected chi connectivity index (χ0v) is 12.5. The van der Waals surface area contributed by atoms with Gasteiger partial charge in [-0.15, -0.1) is 0 Å². The third kappa shape index (κ3) is 3.56. The number of anilines is 2. The van der Waals surface area contributed by atoms with Crippen LogP contribution in [0.1, 0.15) is 11.1 Å². The summed E-state index contributed by atoms with van der Waals surface area (Å²) < 4.78 is 0. The van der Waals surface area contributed by atoms with E-state index in [1.54, 1.807) is 0 Å². The second-order valence-corrected chi connectivity index (χ2v) is 5.04. The first-order chi connectivity index (χ1) is 10.5. The van der Waals surface area contributed by atoms with Crippen molar-refractivity contribution in [2.75, 3.05) is 17.6 Å². The minimum atomic E-state index is -0.336. The summed E-state index contributed by atoms with van der Waals surface area (Å²) in [5.74, 6) is -0.336. The summed E-state index contributed by atoms with van der Waals surface area (Å²) in [5.41, 5.74) is 19.6. The van der Waals surface area contributed by atoms with E-state index in [1.807, 2.05) is 50.2 Å². The van der Waals surface area contributed by atoms with Gasteiger partial charge >= 0.3 is 0 Å². The SMILES string of the molecule is Cc1cc(-c2ccc(NC(=O)CN=[N+]=[N-])c(C)c2)ccc1N. The second-order valence-electron chi connectivity index (χ2n) is 5.04. The van der Waals surface area contributed by atoms with Gasteiger partial charge in [0.25, 0.3) is 0 Å². The number of nitrogens with two attached hydrogens (primary N) is 1. The highest BCUT2D eigenvalue weighted by atomic mass is 16.1. The molecule has 0 radical (unpaired) electrons. The minimum Gasteiger partial charge on any atom is -0.399 e. The number of aryl methyl sites for hydroxylation is 2. The molecule has 0 saturated carbocycles. The van der Waals surface area contributed by atoms with Crippen LogP contribution in [0.3, 0.4) is 0 Å². The summed E-state index contributed by atoms with van der Waals surface area (Å²) in [7, 11) is 0. The second kappa shape index (κ2) is 6.65. The molecule has 0 unspecified atom stereocenters. The molecule has 3 N–H and O–H groups in total. The molecule has 0 spiro atoms. The first-order valence-electron chi connectivity index (χ1n) is 6.79. The lowest BCUT2D eigenvalue weighted by Crippen LogP contribution is -2.15. The number of rotatable bonds is 4. The summed E-state index contributed by atoms with van der Waals surface area (Å²) in [5, 5.41) is 5.96. The van der Waals surface area contributed by atoms with Crippen LogP contribution in [0.4, 0.5) is 11.4 Å². The molecule has 0 saturated heterocycles. The molecule has 6 heteroatoms. The fourth-order valence-corrected chi connectivity index (χ4v) is 2.12. The maximum Gasteiger partial charge on any atom is 0.230 e. The predicted molar refractivity (Wildman–Crippen MR) is 88.4 cm³/mol. The van der Waals surface area contributed by atoms with E-state index in [-0.39, 0.29) is 12.5 Å². The van der Waals surface area contributed by atoms with Gasteiger partial charge in [0.2, 0.25) is 5.91 Å². The first-order valence-corrected chi connectivity index (χ1v) is 6.79. The molecule has 0 aliphatic carbocycles. The molecule has 6 nitrogen and oxygen atoms in total. The van der Waals surface area contributed by atoms with Crippen LogP contribution in [0.2, 0.25) is 0 Å². The molecule has 1 amide bonds. The van der Waals surface area contributed by atoms with Crippen molar-refractivity contribution in [2.45, 2.75) is 13.8 Å². The van der Waals surface area contributed by atoms with E-state index in [0.717, 1.165) is 27.9 Å². The summed E-state index contributed by atoms with van der Waals surface area (Å²) in [6.45, 7) is 3.67. The molecular formula is C16H17N5O. The van der Waals surface area contributed by atoms with Gasteiger partial charge in [0, 0.05) is 16.3 Å². The fourth-order valence-electron chi connectivity index (χ4n) is 2.12. The zero-order chi connectivity index (χ0) is 16.1. The number of hydrogen-bond acceptors (Lipinski definition) is 3. The average Bonchev–Trinajstić information content (AvgIpc) is 2.50. The van der Waals surface area contributed by atoms with Crippen molar-refractivity contribution in [2.24, 2.45) is 5.11 Å². The highest BCUT2D eigenvalue weighted by Gasteiger charge is 2.06. The quantitative estimate of drug-likeness (QED) is 0.387. The number of hydrogen-bond donors (Lipinski definition) is 2. The molecule has 0 fully saturated rings. The Bertz CT molecular complexity index is 763. The summed E-state index contributed by atoms with van der Waals surface area (Å²) >= 11 is 0. The summed E-state index contributed by atoms with van der Waals surface area (Å²) in [6, 6.07) is 11.6. The van der Waals surface area contributed by atoms with Crippen LogP contribution in [-0.2, 0) is 4.79 Å². The predicted octanol–water partition coefficient (Wildman–Crippen LogP) is 3.80. The summed E-state index contributed by atoms with van der Waals surface area (Å²) in [4.78, 5) is 14.1. The van der Waals surface area contributed by atoms with Gasteiger partial charge in [0.1, 0.15) is 6.54 Å². The van der Waals surface area contributed by atoms with Gasteiger partial charge in [-0.25, -0.2) is 0 Å². The van der Waals surface area contributed by atoms with E-state index in [4.69, 9.17) is 11.3 Å². The molecule has 2 rings (SSSR count). The van der Waals surface area contributed by atoms with Crippen LogP contribution in [0, 0.1) is 13.8 Å². The summed E-state index contributed by atoms with van der Waals surface area (Å²) in [6.07, 6.45) is 0. The standard InChI is InChI=1S/C16H17N5O/c1-10-7-12(3-5-14(10)17)13-4-6-15(11(2)8-13)20-16(22)9-19-21-18/h3-8H,9,17H2,1-2H3,(H,20,22). The van der Waals surface area contributed by atoms with E-state index < -0.39 is 0 Å². The van der Waals surface area contributed by atoms with E-state index in [9.17, 15) is 4.79 Å². The van der Waals surface area contributed by atoms with Gasteiger partial charge in [-0.3, -0.25) is 4.79 Å². The Balaban J connectivity index is 2.23. The molecule has 22 heavy (non-hydrogen) atoms. The van der Waals surface area contributed by atoms with Crippen LogP contribution in [0.25, 0.3) is 21.6 Å². The first kappa shape index (κ1) is 15.4. The van der Waals surface area contributed by atoms with Crippen LogP contribution in [0.5, 0.6) is 0 Å². The number of nitrogens with zero attached hydrogens (tertiary/aromatic N) is 3. The Kier molecular flexibility index (Phi) is 4.66. The van der Waals surface area contributed by atoms with Crippen LogP contribution in [-0.4, -0.2) is 12.5 Å². The molecule has 0 bridgehead atoms. The number of carbonyl (C=O) groups is 1. The molecular weight excluding hydrogens is 278 g/mol. The Hall–Kier alpha value is -2.98. The average molecular weight is 295 g/mol. The fraction of sp³-hybridized carbons (Fsp3) is 0.188. The van der Waals surface area contributed by atoms with Gasteiger partial charge < -0.3 is 11.1 Å². The lowest BCUT2D eigenvalue weighted by Gasteiger charge is -2.11. The van der Waals surface area contributed by atoms with Crippen molar-refractivity contribution < 1.29 is 4.79 Å². The molecule has 0 aromatic heterocycles. The van der Waals surface area contributed by atoms with E-state index in [0.29, 0.717) is 5.69 Å². The molecule has 112 valence electrons. The van der Waals surface area contributed by atoms with Gasteiger partial charge in [-0.1, -0.05) is 17.2 Å². The Morgan fingerprint density at radius 1 is 1.18 bits per heavy atom. The van der Waals surface area contributed by atoms with Gasteiger partial charge in [-0.2, -0.15) is 0 Å². The normalized spacial score (nSPS) is 9.91. The molecule has 2 aromatic rings. The maximum absolute atomic E-state index is 11.6. The van der Waals surface area contributed by atoms with Crippen LogP contribution >= 0.6 is 0 Å². The molecule has 2 aromatic carbocycles. The number of amides is 1. The molecule has 0 aliphatic heterocycles. The van der Waals surface area contributed by atoms with Gasteiger partial charge in [0.05, 0.1) is 0 Å². The smallest absolute Gasteiger partial charge is 0.230 e. The Morgan fingerprint density at radius 3 is 2.41 bits per heavy atom. The van der Waals surface area contributed by atoms with Crippen molar-refractivity contribution >= 4 is 17.3 Å². The van der Waals surface area contributed by atoms with E-state index in [2.05, 4.69) is 15.3 Å². The Morgan fingerprint density at radius 2 is 1.82 bits per heavy atom. The highest BCUT2D eigenvalue weighted by molar-refractivity contribution is 5.93. The maximum atomic E-state index is 11.6. The molecule has 0 aliphatic rings. The van der Waals surface area contributed by atoms with Crippen LogP contribution in [0.15, 0.2) is 41.5 Å². The van der Waals surface area contributed by atoms with Crippen LogP contribution < -0.4 is 11.1 Å². The molecule has 0 atom stereocenters. The lowest BCUT2D eigenvalue weighted by molar-refractivity contribution is -0.114. The highest BCUT2D eigenvalue weighted by Crippen LogP contribution is 2.27. The largest absolute Gasteiger partial charge is 0.399 e. The number of benzene rings is 2. The van der Waals surface area contributed by atoms with Gasteiger partial charge in [-0.05, 0) is 65.9 Å². The lowest BCUT2D eigenvalue weighted by atomic mass is 10.00. The van der Waals surface area contributed by atoms with Crippen molar-refractivity contribution in [3.8, 4) is 11.1 Å². The van der Waals surface area contributed by atoms with Gasteiger partial charge in [0.15, 0.2) is 0 Å². The number of nitrogen functional groups attached to an aromatic ring is 1. The van der Waals surface area contributed by atoms with E-state index in [1.165, 1.54) is 0 Å². The van der Waals surface area contributed by atoms with Crippen molar-refractivity contribution in [3.05, 3.63) is 58.0 Å². The van der Waals surface area contributed by atoms with Crippen molar-refractivity contribution in [1.82, 2.24) is 0 Å². The number of carbonyl (C=O) groups excluding carboxylic acids is 1. The monoisotopic (exact) mass is 295 g/mol. The van der Waals surface area contributed by atoms with Crippen molar-refractivity contribution in [3.63, 3.8) is 0 Å². The third-order valence-electron chi connectivity index (χ3n) is 3.38. The third-order valence-corrected chi connectivity index (χ3v) is 3.38. The molecule has 0 heterocycles. The Labute approximate surface area is 128 Å².